The van der Waals surface area contributed by atoms with Crippen LogP contribution in [0.5, 0.6) is 0 Å². The number of carbonyl (C=O) groups excluding carboxylic acids is 1. The van der Waals surface area contributed by atoms with Crippen LogP contribution in [-0.4, -0.2) is 36.6 Å². The van der Waals surface area contributed by atoms with Crippen molar-refractivity contribution in [1.82, 2.24) is 4.41 Å². The molecule has 0 fully saturated rings. The van der Waals surface area contributed by atoms with Crippen LogP contribution in [0.3, 0.4) is 0 Å². The van der Waals surface area contributed by atoms with Crippen molar-refractivity contribution in [2.24, 2.45) is 0 Å². The van der Waals surface area contributed by atoms with Gasteiger partial charge in [-0.25, -0.2) is 4.79 Å². The van der Waals surface area contributed by atoms with E-state index in [0.717, 1.165) is 5.56 Å². The number of benzene rings is 1. The summed E-state index contributed by atoms with van der Waals surface area (Å²) >= 11 is 3.71. The number of rotatable bonds is 5. The van der Waals surface area contributed by atoms with E-state index in [1.807, 2.05) is 6.92 Å². The Morgan fingerprint density at radius 2 is 1.85 bits per heavy atom. The monoisotopic (exact) mass is 321 g/mol. The molecule has 1 unspecified atom stereocenters. The predicted octanol–water partition coefficient (Wildman–Crippen LogP) is 2.69. The fraction of sp³-hybridized carbons (Fsp3) is 0.417. The molecule has 5 nitrogen and oxygen atoms in total. The summed E-state index contributed by atoms with van der Waals surface area (Å²) in [4.78, 5) is 10.9. The second-order valence-electron chi connectivity index (χ2n) is 4.61. The van der Waals surface area contributed by atoms with Gasteiger partial charge in [-0.05, 0) is 38.3 Å². The molecule has 112 valence electrons. The first-order valence-electron chi connectivity index (χ1n) is 6.03. The number of quaternary nitrogens is 1. The number of hydrogen-bond acceptors (Lipinski definition) is 4. The van der Waals surface area contributed by atoms with Gasteiger partial charge in [0, 0.05) is 0 Å². The van der Waals surface area contributed by atoms with Gasteiger partial charge in [0.1, 0.15) is 18.5 Å². The van der Waals surface area contributed by atoms with Crippen molar-refractivity contribution in [2.75, 3.05) is 13.6 Å². The molecule has 1 rings (SSSR count). The first kappa shape index (κ1) is 16.9. The van der Waals surface area contributed by atoms with Crippen molar-refractivity contribution in [2.45, 2.75) is 25.2 Å². The maximum Gasteiger partial charge on any atom is 0.456 e. The number of thiol groups is 1. The molecule has 0 aliphatic heterocycles. The van der Waals surface area contributed by atoms with Crippen LogP contribution in [0, 0.1) is 6.92 Å². The van der Waals surface area contributed by atoms with E-state index < -0.39 is 20.2 Å². The van der Waals surface area contributed by atoms with E-state index in [0.29, 0.717) is 10.8 Å². The third kappa shape index (κ3) is 2.97. The van der Waals surface area contributed by atoms with E-state index in [1.54, 1.807) is 19.1 Å². The number of carbonyl (C=O) groups is 1. The summed E-state index contributed by atoms with van der Waals surface area (Å²) in [6.45, 7) is 3.59. The number of amides is 1. The van der Waals surface area contributed by atoms with Gasteiger partial charge >= 0.3 is 16.2 Å². The molecule has 0 heterocycles. The Kier molecular flexibility index (Phi) is 5.17. The molecule has 0 bridgehead atoms. The highest BCUT2D eigenvalue weighted by atomic mass is 32.2. The second-order valence-corrected chi connectivity index (χ2v) is 7.19. The molecule has 0 N–H and O–H groups in total. The normalized spacial score (nSPS) is 14.7. The molecule has 1 aromatic rings. The maximum atomic E-state index is 13.0. The number of nitrogens with zero attached hydrogens (tertiary/aromatic N) is 2. The van der Waals surface area contributed by atoms with Crippen LogP contribution in [0.1, 0.15) is 18.9 Å². The fourth-order valence-electron chi connectivity index (χ4n) is 1.84. The standard InChI is InChI=1S/C12H18FN2O3S2/c1-4-9-15(3,14(19)12(13)16)20(17,18)11-7-5-10(2)6-8-11/h5-8,19H,4,9H2,1-3H3/q+1. The number of halogens is 1. The lowest BCUT2D eigenvalue weighted by Crippen LogP contribution is -2.58. The largest absolute Gasteiger partial charge is 0.456 e. The average Bonchev–Trinajstić information content (AvgIpc) is 2.38. The lowest BCUT2D eigenvalue weighted by Gasteiger charge is -2.35. The summed E-state index contributed by atoms with van der Waals surface area (Å²) < 4.78 is 37.6. The number of hydrogen-bond donors (Lipinski definition) is 1. The average molecular weight is 321 g/mol. The molecular weight excluding hydrogens is 303 g/mol. The smallest absolute Gasteiger partial charge is 0.228 e. The molecule has 0 saturated carbocycles. The van der Waals surface area contributed by atoms with Gasteiger partial charge in [-0.3, -0.25) is 0 Å². The third-order valence-corrected chi connectivity index (χ3v) is 5.96. The van der Waals surface area contributed by atoms with Crippen molar-refractivity contribution in [3.8, 4) is 0 Å². The van der Waals surface area contributed by atoms with Gasteiger partial charge in [0.2, 0.25) is 0 Å². The predicted molar refractivity (Wildman–Crippen MR) is 77.0 cm³/mol. The Morgan fingerprint density at radius 3 is 2.25 bits per heavy atom. The summed E-state index contributed by atoms with van der Waals surface area (Å²) in [7, 11) is -2.76. The minimum absolute atomic E-state index is 0.0133. The van der Waals surface area contributed by atoms with E-state index in [9.17, 15) is 17.6 Å². The van der Waals surface area contributed by atoms with Crippen LogP contribution < -0.4 is 0 Å². The van der Waals surface area contributed by atoms with Gasteiger partial charge in [0.25, 0.3) is 0 Å². The quantitative estimate of drug-likeness (QED) is 0.298. The van der Waals surface area contributed by atoms with Crippen LogP contribution in [0.4, 0.5) is 9.18 Å². The van der Waals surface area contributed by atoms with Crippen molar-refractivity contribution in [1.29, 1.82) is 0 Å². The summed E-state index contributed by atoms with van der Waals surface area (Å²) in [5.74, 6) is 0. The van der Waals surface area contributed by atoms with Gasteiger partial charge < -0.3 is 0 Å². The molecular formula is C12H18FN2O3S2+. The molecule has 1 aromatic carbocycles. The van der Waals surface area contributed by atoms with E-state index in [4.69, 9.17) is 0 Å². The topological polar surface area (TPSA) is 54.5 Å². The van der Waals surface area contributed by atoms with Crippen LogP contribution in [0.15, 0.2) is 29.2 Å². The molecule has 0 spiro atoms. The van der Waals surface area contributed by atoms with Gasteiger partial charge in [0.15, 0.2) is 0 Å². The number of aryl methyl sites for hydroxylation is 1. The zero-order valence-corrected chi connectivity index (χ0v) is 13.3. The molecule has 1 amide bonds. The van der Waals surface area contributed by atoms with Gasteiger partial charge in [-0.1, -0.05) is 29.0 Å². The highest BCUT2D eigenvalue weighted by molar-refractivity contribution is 7.86. The molecule has 1 atom stereocenters. The van der Waals surface area contributed by atoms with Crippen molar-refractivity contribution < 1.29 is 21.6 Å². The van der Waals surface area contributed by atoms with Crippen LogP contribution in [0.25, 0.3) is 0 Å². The third-order valence-electron chi connectivity index (χ3n) is 3.03. The Labute approximate surface area is 124 Å². The van der Waals surface area contributed by atoms with Gasteiger partial charge in [0.05, 0.1) is 0 Å². The molecule has 0 saturated heterocycles. The Balaban J connectivity index is 3.39. The van der Waals surface area contributed by atoms with Crippen LogP contribution >= 0.6 is 12.8 Å². The SMILES string of the molecule is CCC[N+](C)(N(S)C(=O)F)S(=O)(=O)c1ccc(C)cc1. The zero-order chi connectivity index (χ0) is 15.6. The minimum Gasteiger partial charge on any atom is -0.228 e. The fourth-order valence-corrected chi connectivity index (χ4v) is 3.84. The summed E-state index contributed by atoms with van der Waals surface area (Å²) in [6, 6.07) is 6.15. The van der Waals surface area contributed by atoms with Crippen molar-refractivity contribution >= 4 is 29.0 Å². The highest BCUT2D eigenvalue weighted by Crippen LogP contribution is 2.27. The molecule has 0 radical (unpaired) electrons. The summed E-state index contributed by atoms with van der Waals surface area (Å²) in [5.41, 5.74) is 0.901. The molecule has 0 aliphatic carbocycles. The van der Waals surface area contributed by atoms with E-state index in [2.05, 4.69) is 12.8 Å². The van der Waals surface area contributed by atoms with Crippen LogP contribution in [-0.2, 0) is 10.0 Å². The van der Waals surface area contributed by atoms with Crippen molar-refractivity contribution in [3.63, 3.8) is 0 Å². The van der Waals surface area contributed by atoms with Crippen LogP contribution in [0.2, 0.25) is 0 Å². The maximum absolute atomic E-state index is 13.0. The second kappa shape index (κ2) is 6.11. The lowest BCUT2D eigenvalue weighted by molar-refractivity contribution is -0.872. The first-order chi connectivity index (χ1) is 9.16. The van der Waals surface area contributed by atoms with Crippen molar-refractivity contribution in [3.05, 3.63) is 29.8 Å². The zero-order valence-electron chi connectivity index (χ0n) is 11.6. The van der Waals surface area contributed by atoms with E-state index in [-0.39, 0.29) is 11.4 Å². The summed E-state index contributed by atoms with van der Waals surface area (Å²) in [5, 5.41) is 0. The molecule has 8 heteroatoms. The van der Waals surface area contributed by atoms with Gasteiger partial charge in [-0.2, -0.15) is 8.42 Å². The first-order valence-corrected chi connectivity index (χ1v) is 7.87. The van der Waals surface area contributed by atoms with E-state index >= 15 is 0 Å². The molecule has 0 aromatic heterocycles. The molecule has 20 heavy (non-hydrogen) atoms. The Morgan fingerprint density at radius 1 is 1.35 bits per heavy atom. The number of sulfonamides is 1. The summed E-state index contributed by atoms with van der Waals surface area (Å²) in [6.07, 6.45) is -1.48. The lowest BCUT2D eigenvalue weighted by atomic mass is 10.2. The highest BCUT2D eigenvalue weighted by Gasteiger charge is 2.46. The van der Waals surface area contributed by atoms with Gasteiger partial charge in [-0.15, -0.1) is 8.39 Å². The van der Waals surface area contributed by atoms with E-state index in [1.165, 1.54) is 19.2 Å². The Hall–Kier alpha value is -1.12. The molecule has 0 aliphatic rings. The minimum atomic E-state index is -4.00. The Bertz CT molecular complexity index is 589.